The van der Waals surface area contributed by atoms with E-state index in [0.29, 0.717) is 0 Å². The van der Waals surface area contributed by atoms with Crippen LogP contribution >= 0.6 is 11.6 Å². The minimum Gasteiger partial charge on any atom is -0.381 e. The van der Waals surface area contributed by atoms with Crippen LogP contribution in [0.3, 0.4) is 0 Å². The van der Waals surface area contributed by atoms with E-state index < -0.39 is 0 Å². The monoisotopic (exact) mass is 195 g/mol. The lowest BCUT2D eigenvalue weighted by atomic mass is 10.2. The lowest BCUT2D eigenvalue weighted by molar-refractivity contribution is 1.21. The second-order valence-electron chi connectivity index (χ2n) is 3.18. The van der Waals surface area contributed by atoms with Crippen LogP contribution in [0.4, 0.5) is 5.69 Å². The van der Waals surface area contributed by atoms with Crippen LogP contribution in [0.2, 0.25) is 0 Å². The maximum atomic E-state index is 5.55. The van der Waals surface area contributed by atoms with Gasteiger partial charge in [-0.15, -0.1) is 0 Å². The third-order valence-electron chi connectivity index (χ3n) is 1.78. The predicted molar refractivity (Wildman–Crippen MR) is 59.3 cm³/mol. The fraction of sp³-hybridized carbons (Fsp3) is 0.273. The first-order valence-electron chi connectivity index (χ1n) is 4.29. The summed E-state index contributed by atoms with van der Waals surface area (Å²) in [6.07, 6.45) is 0. The summed E-state index contributed by atoms with van der Waals surface area (Å²) in [5.74, 6) is 0. The topological polar surface area (TPSA) is 12.0 Å². The maximum Gasteiger partial charge on any atom is 0.0369 e. The lowest BCUT2D eigenvalue weighted by Crippen LogP contribution is -2.01. The highest BCUT2D eigenvalue weighted by atomic mass is 35.5. The Labute approximate surface area is 84.4 Å². The van der Waals surface area contributed by atoms with Crippen molar-refractivity contribution in [3.05, 3.63) is 40.9 Å². The highest BCUT2D eigenvalue weighted by Gasteiger charge is 1.91. The van der Waals surface area contributed by atoms with Crippen LogP contribution in [-0.4, -0.2) is 6.54 Å². The Bertz CT molecular complexity index is 305. The summed E-state index contributed by atoms with van der Waals surface area (Å²) < 4.78 is 0. The van der Waals surface area contributed by atoms with Gasteiger partial charge in [-0.1, -0.05) is 23.7 Å². The SMILES string of the molecule is C/C(=C/Cl)CNc1cccc(C)c1. The third kappa shape index (κ3) is 3.51. The standard InChI is InChI=1S/C11H14ClN/c1-9-4-3-5-11(6-9)13-8-10(2)7-12/h3-7,13H,8H2,1-2H3/b10-7-. The van der Waals surface area contributed by atoms with Gasteiger partial charge in [0.1, 0.15) is 0 Å². The van der Waals surface area contributed by atoms with Gasteiger partial charge in [-0.05, 0) is 37.1 Å². The molecule has 0 aromatic heterocycles. The molecule has 0 radical (unpaired) electrons. The van der Waals surface area contributed by atoms with E-state index in [1.54, 1.807) is 5.54 Å². The predicted octanol–water partition coefficient (Wildman–Crippen LogP) is 3.55. The molecule has 1 nitrogen and oxygen atoms in total. The number of nitrogens with one attached hydrogen (secondary N) is 1. The van der Waals surface area contributed by atoms with E-state index in [2.05, 4.69) is 30.4 Å². The average molecular weight is 196 g/mol. The molecule has 1 N–H and O–H groups in total. The summed E-state index contributed by atoms with van der Waals surface area (Å²) in [6, 6.07) is 8.28. The third-order valence-corrected chi connectivity index (χ3v) is 2.15. The maximum absolute atomic E-state index is 5.55. The van der Waals surface area contributed by atoms with Crippen molar-refractivity contribution in [1.82, 2.24) is 0 Å². The van der Waals surface area contributed by atoms with E-state index in [9.17, 15) is 0 Å². The Kier molecular flexibility index (Phi) is 3.84. The molecule has 0 fully saturated rings. The summed E-state index contributed by atoms with van der Waals surface area (Å²) >= 11 is 5.55. The molecule has 1 aromatic rings. The normalized spacial score (nSPS) is 11.5. The Balaban J connectivity index is 2.55. The molecular weight excluding hydrogens is 182 g/mol. The van der Waals surface area contributed by atoms with Crippen molar-refractivity contribution in [3.63, 3.8) is 0 Å². The van der Waals surface area contributed by atoms with Crippen molar-refractivity contribution in [2.75, 3.05) is 11.9 Å². The van der Waals surface area contributed by atoms with Gasteiger partial charge < -0.3 is 5.32 Å². The zero-order valence-electron chi connectivity index (χ0n) is 7.97. The molecular formula is C11H14ClN. The first-order valence-corrected chi connectivity index (χ1v) is 4.72. The van der Waals surface area contributed by atoms with Crippen LogP contribution < -0.4 is 5.32 Å². The molecule has 0 aliphatic carbocycles. The molecule has 0 aliphatic rings. The minimum absolute atomic E-state index is 0.799. The molecule has 13 heavy (non-hydrogen) atoms. The molecule has 0 amide bonds. The largest absolute Gasteiger partial charge is 0.381 e. The summed E-state index contributed by atoms with van der Waals surface area (Å²) in [5.41, 5.74) is 5.13. The summed E-state index contributed by atoms with van der Waals surface area (Å²) in [4.78, 5) is 0. The van der Waals surface area contributed by atoms with Gasteiger partial charge in [0.15, 0.2) is 0 Å². The zero-order valence-corrected chi connectivity index (χ0v) is 8.73. The molecule has 70 valence electrons. The summed E-state index contributed by atoms with van der Waals surface area (Å²) in [7, 11) is 0. The molecule has 0 spiro atoms. The van der Waals surface area contributed by atoms with Crippen LogP contribution in [0, 0.1) is 6.92 Å². The highest BCUT2D eigenvalue weighted by molar-refractivity contribution is 6.25. The van der Waals surface area contributed by atoms with E-state index in [4.69, 9.17) is 11.6 Å². The van der Waals surface area contributed by atoms with E-state index in [-0.39, 0.29) is 0 Å². The molecule has 2 heteroatoms. The van der Waals surface area contributed by atoms with Crippen molar-refractivity contribution in [1.29, 1.82) is 0 Å². The van der Waals surface area contributed by atoms with Gasteiger partial charge in [-0.2, -0.15) is 0 Å². The number of halogens is 1. The molecule has 0 saturated heterocycles. The van der Waals surface area contributed by atoms with E-state index >= 15 is 0 Å². The number of benzene rings is 1. The van der Waals surface area contributed by atoms with Gasteiger partial charge in [-0.3, -0.25) is 0 Å². The molecule has 1 rings (SSSR count). The van der Waals surface area contributed by atoms with Crippen LogP contribution in [-0.2, 0) is 0 Å². The van der Waals surface area contributed by atoms with Gasteiger partial charge in [0.05, 0.1) is 0 Å². The van der Waals surface area contributed by atoms with Crippen molar-refractivity contribution in [3.8, 4) is 0 Å². The quantitative estimate of drug-likeness (QED) is 0.778. The molecule has 0 saturated carbocycles. The average Bonchev–Trinajstić information content (AvgIpc) is 2.14. The Morgan fingerprint density at radius 2 is 2.31 bits per heavy atom. The van der Waals surface area contributed by atoms with Crippen LogP contribution in [0.25, 0.3) is 0 Å². The zero-order chi connectivity index (χ0) is 9.68. The molecule has 1 aromatic carbocycles. The first kappa shape index (κ1) is 10.1. The van der Waals surface area contributed by atoms with Crippen LogP contribution in [0.1, 0.15) is 12.5 Å². The van der Waals surface area contributed by atoms with Gasteiger partial charge >= 0.3 is 0 Å². The van der Waals surface area contributed by atoms with Crippen molar-refractivity contribution < 1.29 is 0 Å². The molecule has 0 unspecified atom stereocenters. The van der Waals surface area contributed by atoms with Gasteiger partial charge in [0, 0.05) is 17.8 Å². The summed E-state index contributed by atoms with van der Waals surface area (Å²) in [6.45, 7) is 4.87. The Morgan fingerprint density at radius 3 is 2.92 bits per heavy atom. The van der Waals surface area contributed by atoms with Gasteiger partial charge in [-0.25, -0.2) is 0 Å². The summed E-state index contributed by atoms with van der Waals surface area (Å²) in [5, 5.41) is 3.28. The second kappa shape index (κ2) is 4.93. The molecule has 0 heterocycles. The molecule has 0 aliphatic heterocycles. The number of rotatable bonds is 3. The highest BCUT2D eigenvalue weighted by Crippen LogP contribution is 2.10. The molecule has 0 bridgehead atoms. The Morgan fingerprint density at radius 1 is 1.54 bits per heavy atom. The number of anilines is 1. The molecule has 0 atom stereocenters. The number of hydrogen-bond donors (Lipinski definition) is 1. The second-order valence-corrected chi connectivity index (χ2v) is 3.40. The smallest absolute Gasteiger partial charge is 0.0369 e. The Hall–Kier alpha value is -0.950. The first-order chi connectivity index (χ1) is 6.22. The van der Waals surface area contributed by atoms with Gasteiger partial charge in [0.2, 0.25) is 0 Å². The number of hydrogen-bond acceptors (Lipinski definition) is 1. The van der Waals surface area contributed by atoms with E-state index in [1.807, 2.05) is 13.0 Å². The fourth-order valence-corrected chi connectivity index (χ4v) is 1.11. The van der Waals surface area contributed by atoms with Crippen LogP contribution in [0.5, 0.6) is 0 Å². The van der Waals surface area contributed by atoms with E-state index in [1.165, 1.54) is 5.56 Å². The van der Waals surface area contributed by atoms with Crippen molar-refractivity contribution in [2.24, 2.45) is 0 Å². The van der Waals surface area contributed by atoms with Crippen LogP contribution in [0.15, 0.2) is 35.4 Å². The van der Waals surface area contributed by atoms with Crippen molar-refractivity contribution >= 4 is 17.3 Å². The van der Waals surface area contributed by atoms with E-state index in [0.717, 1.165) is 17.8 Å². The fourth-order valence-electron chi connectivity index (χ4n) is 1.04. The minimum atomic E-state index is 0.799. The van der Waals surface area contributed by atoms with Crippen molar-refractivity contribution in [2.45, 2.75) is 13.8 Å². The number of aryl methyl sites for hydroxylation is 1. The van der Waals surface area contributed by atoms with Gasteiger partial charge in [0.25, 0.3) is 0 Å². The lowest BCUT2D eigenvalue weighted by Gasteiger charge is -2.06.